The van der Waals surface area contributed by atoms with Crippen molar-refractivity contribution in [1.29, 1.82) is 0 Å². The van der Waals surface area contributed by atoms with Gasteiger partial charge >= 0.3 is 0 Å². The molecule has 0 bridgehead atoms. The van der Waals surface area contributed by atoms with Crippen LogP contribution in [-0.2, 0) is 6.54 Å². The highest BCUT2D eigenvalue weighted by atomic mass is 127. The third kappa shape index (κ3) is 5.06. The summed E-state index contributed by atoms with van der Waals surface area (Å²) >= 11 is 0. The van der Waals surface area contributed by atoms with Gasteiger partial charge in [-0.05, 0) is 26.4 Å². The molecule has 0 amide bonds. The van der Waals surface area contributed by atoms with Gasteiger partial charge in [0.25, 0.3) is 0 Å². The molecule has 0 aromatic carbocycles. The molecule has 7 nitrogen and oxygen atoms in total. The van der Waals surface area contributed by atoms with Crippen LogP contribution < -0.4 is 5.32 Å². The van der Waals surface area contributed by atoms with Gasteiger partial charge in [-0.25, -0.2) is 0 Å². The van der Waals surface area contributed by atoms with Crippen molar-refractivity contribution < 1.29 is 4.52 Å². The van der Waals surface area contributed by atoms with E-state index in [0.29, 0.717) is 6.04 Å². The first-order valence-electron chi connectivity index (χ1n) is 8.53. The average molecular weight is 448 g/mol. The van der Waals surface area contributed by atoms with Crippen molar-refractivity contribution in [2.24, 2.45) is 4.99 Å². The summed E-state index contributed by atoms with van der Waals surface area (Å²) in [7, 11) is 4.09. The third-order valence-corrected chi connectivity index (χ3v) is 4.93. The molecule has 3 heterocycles. The van der Waals surface area contributed by atoms with Gasteiger partial charge in [0.15, 0.2) is 5.96 Å². The third-order valence-electron chi connectivity index (χ3n) is 4.93. The quantitative estimate of drug-likeness (QED) is 0.423. The minimum absolute atomic E-state index is 0. The summed E-state index contributed by atoms with van der Waals surface area (Å²) in [5.74, 6) is 1.03. The van der Waals surface area contributed by atoms with Crippen LogP contribution in [0.15, 0.2) is 21.8 Å². The van der Waals surface area contributed by atoms with E-state index in [9.17, 15) is 0 Å². The van der Waals surface area contributed by atoms with Gasteiger partial charge in [0, 0.05) is 58.4 Å². The fraction of sp³-hybridized carbons (Fsp3) is 0.750. The lowest BCUT2D eigenvalue weighted by molar-refractivity contribution is 0.168. The number of halogens is 1. The zero-order valence-electron chi connectivity index (χ0n) is 14.6. The zero-order chi connectivity index (χ0) is 16.1. The Morgan fingerprint density at radius 1 is 1.33 bits per heavy atom. The number of aromatic nitrogens is 1. The number of guanidine groups is 1. The zero-order valence-corrected chi connectivity index (χ0v) is 17.0. The number of aliphatic imine (C=N–C) groups is 1. The summed E-state index contributed by atoms with van der Waals surface area (Å²) in [6.07, 6.45) is 4.23. The van der Waals surface area contributed by atoms with E-state index in [0.717, 1.165) is 50.9 Å². The molecule has 0 radical (unpaired) electrons. The maximum Gasteiger partial charge on any atom is 0.193 e. The predicted molar refractivity (Wildman–Crippen MR) is 106 cm³/mol. The molecule has 1 N–H and O–H groups in total. The summed E-state index contributed by atoms with van der Waals surface area (Å²) < 4.78 is 4.90. The molecule has 0 spiro atoms. The van der Waals surface area contributed by atoms with Crippen LogP contribution in [-0.4, -0.2) is 85.2 Å². The second-order valence-electron chi connectivity index (χ2n) is 6.46. The fourth-order valence-corrected chi connectivity index (χ4v) is 3.44. The lowest BCUT2D eigenvalue weighted by atomic mass is 10.2. The van der Waals surface area contributed by atoms with E-state index in [1.165, 1.54) is 19.4 Å². The van der Waals surface area contributed by atoms with E-state index in [2.05, 4.69) is 37.2 Å². The molecule has 8 heteroatoms. The average Bonchev–Trinajstić information content (AvgIpc) is 3.21. The van der Waals surface area contributed by atoms with Crippen LogP contribution in [0.4, 0.5) is 0 Å². The number of hydrogen-bond donors (Lipinski definition) is 1. The fourth-order valence-electron chi connectivity index (χ4n) is 3.44. The maximum atomic E-state index is 4.90. The molecule has 1 unspecified atom stereocenters. The topological polar surface area (TPSA) is 60.1 Å². The van der Waals surface area contributed by atoms with Crippen LogP contribution in [0.1, 0.15) is 18.5 Å². The summed E-state index contributed by atoms with van der Waals surface area (Å²) in [5.41, 5.74) is 1.00. The Kier molecular flexibility index (Phi) is 7.76. The second-order valence-corrected chi connectivity index (χ2v) is 6.46. The smallest absolute Gasteiger partial charge is 0.193 e. The molecule has 24 heavy (non-hydrogen) atoms. The molecule has 136 valence electrons. The lowest BCUT2D eigenvalue weighted by Crippen LogP contribution is -2.53. The van der Waals surface area contributed by atoms with E-state index in [1.807, 2.05) is 13.1 Å². The van der Waals surface area contributed by atoms with E-state index in [4.69, 9.17) is 4.52 Å². The van der Waals surface area contributed by atoms with Crippen LogP contribution in [0.25, 0.3) is 0 Å². The summed E-state index contributed by atoms with van der Waals surface area (Å²) in [5, 5.41) is 7.55. The molecule has 1 aromatic rings. The molecular weight excluding hydrogens is 419 g/mol. The number of hydrogen-bond acceptors (Lipinski definition) is 5. The number of nitrogens with zero attached hydrogens (tertiary/aromatic N) is 5. The summed E-state index contributed by atoms with van der Waals surface area (Å²) in [6, 6.07) is 2.57. The highest BCUT2D eigenvalue weighted by molar-refractivity contribution is 14.0. The minimum Gasteiger partial charge on any atom is -0.364 e. The number of nitrogens with one attached hydrogen (secondary N) is 1. The summed E-state index contributed by atoms with van der Waals surface area (Å²) in [6.45, 7) is 7.11. The normalized spacial score (nSPS) is 23.3. The van der Waals surface area contributed by atoms with Crippen LogP contribution in [0, 0.1) is 0 Å². The van der Waals surface area contributed by atoms with Gasteiger partial charge in [0.1, 0.15) is 6.26 Å². The number of likely N-dealkylation sites (tertiary alicyclic amines) is 1. The van der Waals surface area contributed by atoms with Gasteiger partial charge in [-0.1, -0.05) is 5.16 Å². The van der Waals surface area contributed by atoms with Gasteiger partial charge in [0.05, 0.1) is 5.69 Å². The molecule has 2 aliphatic heterocycles. The van der Waals surface area contributed by atoms with Crippen LogP contribution >= 0.6 is 24.0 Å². The van der Waals surface area contributed by atoms with Crippen molar-refractivity contribution >= 4 is 29.9 Å². The second kappa shape index (κ2) is 9.57. The number of likely N-dealkylation sites (N-methyl/N-ethyl adjacent to an activating group) is 1. The molecule has 2 saturated heterocycles. The standard InChI is InChI=1S/C16H28N6O.HI/c1-17-16(18-12-15-4-3-6-20(15)2)22-9-7-21(8-10-22)13-14-5-11-23-19-14;/h5,11,15H,3-4,6-10,12-13H2,1-2H3,(H,17,18);1H. The number of rotatable bonds is 4. The van der Waals surface area contributed by atoms with Crippen molar-refractivity contribution in [1.82, 2.24) is 25.2 Å². The Morgan fingerprint density at radius 2 is 2.12 bits per heavy atom. The van der Waals surface area contributed by atoms with Gasteiger partial charge in [-0.15, -0.1) is 24.0 Å². The molecule has 2 aliphatic rings. The first kappa shape index (κ1) is 19.5. The van der Waals surface area contributed by atoms with E-state index >= 15 is 0 Å². The van der Waals surface area contributed by atoms with Crippen molar-refractivity contribution in [3.63, 3.8) is 0 Å². The maximum absolute atomic E-state index is 4.90. The monoisotopic (exact) mass is 448 g/mol. The molecular formula is C16H29IN6O. The van der Waals surface area contributed by atoms with Crippen molar-refractivity contribution in [2.75, 3.05) is 53.4 Å². The van der Waals surface area contributed by atoms with Gasteiger partial charge in [-0.3, -0.25) is 9.89 Å². The highest BCUT2D eigenvalue weighted by Crippen LogP contribution is 2.14. The van der Waals surface area contributed by atoms with Crippen molar-refractivity contribution in [3.05, 3.63) is 18.0 Å². The Hall–Kier alpha value is -0.870. The van der Waals surface area contributed by atoms with Gasteiger partial charge in [-0.2, -0.15) is 0 Å². The largest absolute Gasteiger partial charge is 0.364 e. The molecule has 2 fully saturated rings. The van der Waals surface area contributed by atoms with Gasteiger partial charge in [0.2, 0.25) is 0 Å². The van der Waals surface area contributed by atoms with Crippen molar-refractivity contribution in [3.8, 4) is 0 Å². The lowest BCUT2D eigenvalue weighted by Gasteiger charge is -2.36. The number of piperazine rings is 1. The first-order chi connectivity index (χ1) is 11.3. The molecule has 1 atom stereocenters. The Balaban J connectivity index is 0.00000208. The van der Waals surface area contributed by atoms with E-state index < -0.39 is 0 Å². The molecule has 3 rings (SSSR count). The van der Waals surface area contributed by atoms with Gasteiger partial charge < -0.3 is 19.6 Å². The molecule has 0 saturated carbocycles. The van der Waals surface area contributed by atoms with Crippen LogP contribution in [0.3, 0.4) is 0 Å². The van der Waals surface area contributed by atoms with Crippen LogP contribution in [0.2, 0.25) is 0 Å². The highest BCUT2D eigenvalue weighted by Gasteiger charge is 2.23. The molecule has 0 aliphatic carbocycles. The Labute approximate surface area is 161 Å². The Morgan fingerprint density at radius 3 is 2.71 bits per heavy atom. The first-order valence-corrected chi connectivity index (χ1v) is 8.53. The van der Waals surface area contributed by atoms with Crippen molar-refractivity contribution in [2.45, 2.75) is 25.4 Å². The molecule has 1 aromatic heterocycles. The predicted octanol–water partition coefficient (Wildman–Crippen LogP) is 1.08. The summed E-state index contributed by atoms with van der Waals surface area (Å²) in [4.78, 5) is 11.7. The Bertz CT molecular complexity index is 501. The SMILES string of the molecule is CN=C(NCC1CCCN1C)N1CCN(Cc2ccon2)CC1.I. The van der Waals surface area contributed by atoms with E-state index in [1.54, 1.807) is 6.26 Å². The van der Waals surface area contributed by atoms with Crippen LogP contribution in [0.5, 0.6) is 0 Å². The van der Waals surface area contributed by atoms with E-state index in [-0.39, 0.29) is 24.0 Å². The minimum atomic E-state index is 0.